The molecule has 1 spiro atoms. The first kappa shape index (κ1) is 13.1. The van der Waals surface area contributed by atoms with Gasteiger partial charge in [-0.2, -0.15) is 5.10 Å². The van der Waals surface area contributed by atoms with Crippen molar-refractivity contribution in [3.63, 3.8) is 0 Å². The normalized spacial score (nSPS) is 26.6. The summed E-state index contributed by atoms with van der Waals surface area (Å²) in [4.78, 5) is 28.5. The maximum Gasteiger partial charge on any atom is 0.272 e. The van der Waals surface area contributed by atoms with E-state index in [9.17, 15) is 9.59 Å². The van der Waals surface area contributed by atoms with Crippen LogP contribution in [0, 0.1) is 0 Å². The first-order chi connectivity index (χ1) is 9.66. The molecule has 3 heterocycles. The van der Waals surface area contributed by atoms with Crippen molar-refractivity contribution in [1.82, 2.24) is 20.0 Å². The molecule has 1 unspecified atom stereocenters. The van der Waals surface area contributed by atoms with Crippen LogP contribution in [0.1, 0.15) is 43.1 Å². The van der Waals surface area contributed by atoms with Gasteiger partial charge in [-0.15, -0.1) is 0 Å². The third-order valence-corrected chi connectivity index (χ3v) is 4.52. The molecule has 1 aromatic rings. The van der Waals surface area contributed by atoms with E-state index in [1.54, 1.807) is 12.3 Å². The number of aromatic amines is 1. The quantitative estimate of drug-likeness (QED) is 0.877. The number of hydrogen-bond acceptors (Lipinski definition) is 3. The minimum absolute atomic E-state index is 0.0343. The number of nitrogens with one attached hydrogen (secondary N) is 1. The zero-order chi connectivity index (χ0) is 14.2. The van der Waals surface area contributed by atoms with E-state index in [1.165, 1.54) is 0 Å². The molecule has 2 aliphatic heterocycles. The Morgan fingerprint density at radius 1 is 1.50 bits per heavy atom. The second-order valence-corrected chi connectivity index (χ2v) is 5.69. The third kappa shape index (κ3) is 1.99. The van der Waals surface area contributed by atoms with Crippen LogP contribution in [0.3, 0.4) is 0 Å². The summed E-state index contributed by atoms with van der Waals surface area (Å²) in [6.45, 7) is 4.10. The molecule has 2 fully saturated rings. The summed E-state index contributed by atoms with van der Waals surface area (Å²) in [7, 11) is 0. The van der Waals surface area contributed by atoms with E-state index in [0.29, 0.717) is 25.2 Å². The van der Waals surface area contributed by atoms with E-state index in [2.05, 4.69) is 10.2 Å². The van der Waals surface area contributed by atoms with Crippen LogP contribution in [0.4, 0.5) is 0 Å². The van der Waals surface area contributed by atoms with Crippen molar-refractivity contribution in [1.29, 1.82) is 0 Å². The van der Waals surface area contributed by atoms with Crippen molar-refractivity contribution in [2.45, 2.75) is 38.1 Å². The largest absolute Gasteiger partial charge is 0.341 e. The second kappa shape index (κ2) is 4.92. The molecule has 0 radical (unpaired) electrons. The zero-order valence-electron chi connectivity index (χ0n) is 11.8. The molecule has 2 aliphatic rings. The highest BCUT2D eigenvalue weighted by Crippen LogP contribution is 2.37. The van der Waals surface area contributed by atoms with Gasteiger partial charge < -0.3 is 9.80 Å². The van der Waals surface area contributed by atoms with Crippen LogP contribution in [0.15, 0.2) is 12.3 Å². The summed E-state index contributed by atoms with van der Waals surface area (Å²) in [6, 6.07) is 1.69. The van der Waals surface area contributed by atoms with Gasteiger partial charge in [0.25, 0.3) is 5.91 Å². The molecular weight excluding hydrogens is 256 g/mol. The number of likely N-dealkylation sites (N-methyl/N-ethyl adjacent to an activating group) is 1. The molecule has 0 saturated carbocycles. The monoisotopic (exact) mass is 276 g/mol. The van der Waals surface area contributed by atoms with Crippen molar-refractivity contribution in [3.8, 4) is 0 Å². The number of carbonyl (C=O) groups is 2. The fourth-order valence-corrected chi connectivity index (χ4v) is 3.46. The van der Waals surface area contributed by atoms with Gasteiger partial charge in [-0.3, -0.25) is 14.7 Å². The molecule has 1 N–H and O–H groups in total. The smallest absolute Gasteiger partial charge is 0.272 e. The predicted molar refractivity (Wildman–Crippen MR) is 73.1 cm³/mol. The van der Waals surface area contributed by atoms with Crippen LogP contribution in [0.2, 0.25) is 0 Å². The highest BCUT2D eigenvalue weighted by molar-refractivity contribution is 5.94. The van der Waals surface area contributed by atoms with Gasteiger partial charge in [0, 0.05) is 25.8 Å². The average molecular weight is 276 g/mol. The summed E-state index contributed by atoms with van der Waals surface area (Å²) in [5.41, 5.74) is 0.196. The Morgan fingerprint density at radius 2 is 2.35 bits per heavy atom. The first-order valence-electron chi connectivity index (χ1n) is 7.25. The lowest BCUT2D eigenvalue weighted by Gasteiger charge is -2.44. The lowest BCUT2D eigenvalue weighted by atomic mass is 9.85. The molecule has 0 bridgehead atoms. The van der Waals surface area contributed by atoms with Gasteiger partial charge >= 0.3 is 0 Å². The van der Waals surface area contributed by atoms with Gasteiger partial charge in [-0.1, -0.05) is 0 Å². The minimum atomic E-state index is -0.312. The van der Waals surface area contributed by atoms with Crippen LogP contribution in [-0.4, -0.2) is 57.0 Å². The fourth-order valence-electron chi connectivity index (χ4n) is 3.46. The molecule has 108 valence electrons. The summed E-state index contributed by atoms with van der Waals surface area (Å²) < 4.78 is 0. The Hall–Kier alpha value is -1.85. The van der Waals surface area contributed by atoms with Crippen LogP contribution < -0.4 is 0 Å². The molecule has 20 heavy (non-hydrogen) atoms. The Labute approximate surface area is 118 Å². The molecule has 3 rings (SSSR count). The van der Waals surface area contributed by atoms with Crippen LogP contribution in [-0.2, 0) is 4.79 Å². The predicted octanol–water partition coefficient (Wildman–Crippen LogP) is 1.03. The summed E-state index contributed by atoms with van der Waals surface area (Å²) in [6.07, 6.45) is 5.04. The van der Waals surface area contributed by atoms with Gasteiger partial charge in [0.05, 0.1) is 12.0 Å². The van der Waals surface area contributed by atoms with Crippen molar-refractivity contribution in [3.05, 3.63) is 18.0 Å². The molecule has 1 aromatic heterocycles. The third-order valence-electron chi connectivity index (χ3n) is 4.52. The topological polar surface area (TPSA) is 69.3 Å². The molecule has 6 heteroatoms. The highest BCUT2D eigenvalue weighted by atomic mass is 16.2. The fraction of sp³-hybridized carbons (Fsp3) is 0.643. The van der Waals surface area contributed by atoms with Gasteiger partial charge in [0.2, 0.25) is 5.91 Å². The van der Waals surface area contributed by atoms with Gasteiger partial charge in [-0.25, -0.2) is 0 Å². The summed E-state index contributed by atoms with van der Waals surface area (Å²) in [5.74, 6) is 0.129. The standard InChI is InChI=1S/C14H20N4O2/c1-2-17-10-14(9-12(17)19)6-3-4-8-18(14)13(20)11-5-7-15-16-11/h5,7H,2-4,6,8-10H2,1H3,(H,15,16). The van der Waals surface area contributed by atoms with Gasteiger partial charge in [0.15, 0.2) is 0 Å². The van der Waals surface area contributed by atoms with Crippen molar-refractivity contribution >= 4 is 11.8 Å². The number of nitrogens with zero attached hydrogens (tertiary/aromatic N) is 3. The Bertz CT molecular complexity index is 513. The minimum Gasteiger partial charge on any atom is -0.341 e. The van der Waals surface area contributed by atoms with Crippen molar-refractivity contribution in [2.75, 3.05) is 19.6 Å². The zero-order valence-corrected chi connectivity index (χ0v) is 11.8. The number of aromatic nitrogens is 2. The summed E-state index contributed by atoms with van der Waals surface area (Å²) >= 11 is 0. The van der Waals surface area contributed by atoms with Gasteiger partial charge in [-0.05, 0) is 32.3 Å². The SMILES string of the molecule is CCN1CC2(CCCCN2C(=O)c2ccn[nH]2)CC1=O. The number of likely N-dealkylation sites (tertiary alicyclic amines) is 2. The van der Waals surface area contributed by atoms with Crippen LogP contribution in [0.25, 0.3) is 0 Å². The Kier molecular flexibility index (Phi) is 3.23. The van der Waals surface area contributed by atoms with E-state index >= 15 is 0 Å². The molecule has 2 amide bonds. The Morgan fingerprint density at radius 3 is 3.00 bits per heavy atom. The molecular formula is C14H20N4O2. The lowest BCUT2D eigenvalue weighted by Crippen LogP contribution is -2.56. The molecule has 2 saturated heterocycles. The number of amides is 2. The van der Waals surface area contributed by atoms with Crippen LogP contribution in [0.5, 0.6) is 0 Å². The average Bonchev–Trinajstić information content (AvgIpc) is 3.07. The molecule has 6 nitrogen and oxygen atoms in total. The van der Waals surface area contributed by atoms with E-state index < -0.39 is 0 Å². The van der Waals surface area contributed by atoms with E-state index in [1.807, 2.05) is 16.7 Å². The molecule has 1 atom stereocenters. The number of hydrogen-bond donors (Lipinski definition) is 1. The van der Waals surface area contributed by atoms with E-state index in [0.717, 1.165) is 25.8 Å². The van der Waals surface area contributed by atoms with Crippen molar-refractivity contribution < 1.29 is 9.59 Å². The second-order valence-electron chi connectivity index (χ2n) is 5.69. The van der Waals surface area contributed by atoms with E-state index in [4.69, 9.17) is 0 Å². The van der Waals surface area contributed by atoms with Crippen LogP contribution >= 0.6 is 0 Å². The summed E-state index contributed by atoms with van der Waals surface area (Å²) in [5, 5.41) is 6.59. The molecule has 0 aromatic carbocycles. The maximum absolute atomic E-state index is 12.6. The molecule has 0 aliphatic carbocycles. The maximum atomic E-state index is 12.6. The highest BCUT2D eigenvalue weighted by Gasteiger charge is 2.49. The Balaban J connectivity index is 1.88. The van der Waals surface area contributed by atoms with E-state index in [-0.39, 0.29) is 17.4 Å². The van der Waals surface area contributed by atoms with Gasteiger partial charge in [0.1, 0.15) is 5.69 Å². The number of piperidine rings is 1. The lowest BCUT2D eigenvalue weighted by molar-refractivity contribution is -0.127. The number of rotatable bonds is 2. The first-order valence-corrected chi connectivity index (χ1v) is 7.25. The number of carbonyl (C=O) groups excluding carboxylic acids is 2. The number of H-pyrrole nitrogens is 1. The van der Waals surface area contributed by atoms with Crippen molar-refractivity contribution in [2.24, 2.45) is 0 Å².